The molecule has 0 unspecified atom stereocenters. The lowest BCUT2D eigenvalue weighted by Gasteiger charge is -2.22. The van der Waals surface area contributed by atoms with E-state index in [4.69, 9.17) is 0 Å². The van der Waals surface area contributed by atoms with Crippen LogP contribution in [0.15, 0.2) is 29.1 Å². The highest BCUT2D eigenvalue weighted by molar-refractivity contribution is 7.99. The Balaban J connectivity index is 1.57. The molecular weight excluding hydrogens is 412 g/mol. The number of carbonyl (C=O) groups is 1. The van der Waals surface area contributed by atoms with Gasteiger partial charge in [-0.25, -0.2) is 4.98 Å². The van der Waals surface area contributed by atoms with Crippen LogP contribution in [0, 0.1) is 5.92 Å². The van der Waals surface area contributed by atoms with Gasteiger partial charge in [0, 0.05) is 32.3 Å². The number of benzene rings is 1. The molecule has 2 aromatic heterocycles. The van der Waals surface area contributed by atoms with Crippen molar-refractivity contribution in [1.29, 1.82) is 0 Å². The zero-order chi connectivity index (χ0) is 21.7. The molecule has 162 valence electrons. The van der Waals surface area contributed by atoms with Crippen LogP contribution in [0.1, 0.15) is 37.2 Å². The van der Waals surface area contributed by atoms with E-state index in [1.165, 1.54) is 23.1 Å². The molecule has 0 spiro atoms. The van der Waals surface area contributed by atoms with Crippen molar-refractivity contribution in [2.45, 2.75) is 31.6 Å². The summed E-state index contributed by atoms with van der Waals surface area (Å²) in [5, 5.41) is 9.79. The van der Waals surface area contributed by atoms with Crippen molar-refractivity contribution in [2.24, 2.45) is 13.0 Å². The van der Waals surface area contributed by atoms with Gasteiger partial charge in [-0.1, -0.05) is 18.0 Å². The Bertz CT molecular complexity index is 1220. The summed E-state index contributed by atoms with van der Waals surface area (Å²) in [7, 11) is 3.69. The SMILES string of the molecule is CSN(C)c1cc(C2CC2)ccc1Nc1cc(NC(=O)C2CC2)nc2[nH]n(C)c(=O)c12. The molecule has 3 aromatic rings. The Morgan fingerprint density at radius 2 is 2.00 bits per heavy atom. The van der Waals surface area contributed by atoms with E-state index in [-0.39, 0.29) is 17.4 Å². The first kappa shape index (κ1) is 20.0. The minimum atomic E-state index is -0.167. The van der Waals surface area contributed by atoms with Crippen molar-refractivity contribution < 1.29 is 4.79 Å². The van der Waals surface area contributed by atoms with Crippen LogP contribution in [0.3, 0.4) is 0 Å². The summed E-state index contributed by atoms with van der Waals surface area (Å²) in [6, 6.07) is 8.19. The largest absolute Gasteiger partial charge is 0.353 e. The number of fused-ring (bicyclic) bond motifs is 1. The Morgan fingerprint density at radius 3 is 2.68 bits per heavy atom. The van der Waals surface area contributed by atoms with Crippen LogP contribution in [0.4, 0.5) is 22.9 Å². The molecule has 2 saturated carbocycles. The number of nitrogens with zero attached hydrogens (tertiary/aromatic N) is 3. The molecule has 31 heavy (non-hydrogen) atoms. The highest BCUT2D eigenvalue weighted by Crippen LogP contribution is 2.43. The lowest BCUT2D eigenvalue weighted by Crippen LogP contribution is -2.15. The molecule has 0 radical (unpaired) electrons. The van der Waals surface area contributed by atoms with Gasteiger partial charge in [0.2, 0.25) is 5.91 Å². The lowest BCUT2D eigenvalue weighted by molar-refractivity contribution is -0.117. The zero-order valence-corrected chi connectivity index (χ0v) is 18.7. The van der Waals surface area contributed by atoms with Crippen molar-refractivity contribution >= 4 is 51.8 Å². The molecule has 0 atom stereocenters. The highest BCUT2D eigenvalue weighted by atomic mass is 32.2. The van der Waals surface area contributed by atoms with E-state index in [1.807, 2.05) is 13.3 Å². The summed E-state index contributed by atoms with van der Waals surface area (Å²) in [5.41, 5.74) is 4.19. The van der Waals surface area contributed by atoms with Crippen molar-refractivity contribution in [3.05, 3.63) is 40.2 Å². The minimum absolute atomic E-state index is 0.0207. The molecule has 1 aromatic carbocycles. The van der Waals surface area contributed by atoms with Crippen molar-refractivity contribution in [3.63, 3.8) is 0 Å². The summed E-state index contributed by atoms with van der Waals surface area (Å²) in [6.07, 6.45) is 6.34. The van der Waals surface area contributed by atoms with Gasteiger partial charge >= 0.3 is 0 Å². The smallest absolute Gasteiger partial charge is 0.277 e. The third-order valence-corrected chi connectivity index (χ3v) is 6.71. The van der Waals surface area contributed by atoms with Crippen molar-refractivity contribution in [3.8, 4) is 0 Å². The monoisotopic (exact) mass is 438 g/mol. The van der Waals surface area contributed by atoms with E-state index in [0.29, 0.717) is 28.5 Å². The van der Waals surface area contributed by atoms with Gasteiger partial charge in [0.05, 0.1) is 17.1 Å². The molecule has 0 bridgehead atoms. The average Bonchev–Trinajstić information content (AvgIpc) is 3.66. The van der Waals surface area contributed by atoms with Crippen LogP contribution in [0.2, 0.25) is 0 Å². The van der Waals surface area contributed by atoms with Gasteiger partial charge in [-0.3, -0.25) is 19.4 Å². The number of hydrogen-bond acceptors (Lipinski definition) is 6. The van der Waals surface area contributed by atoms with Crippen LogP contribution in [0.25, 0.3) is 11.0 Å². The number of pyridine rings is 1. The number of aryl methyl sites for hydroxylation is 1. The second-order valence-corrected chi connectivity index (χ2v) is 9.29. The molecule has 1 amide bonds. The fourth-order valence-electron chi connectivity index (χ4n) is 3.79. The molecule has 2 aliphatic carbocycles. The van der Waals surface area contributed by atoms with Crippen LogP contribution < -0.4 is 20.5 Å². The van der Waals surface area contributed by atoms with Gasteiger partial charge in [-0.15, -0.1) is 0 Å². The zero-order valence-electron chi connectivity index (χ0n) is 17.9. The molecule has 2 heterocycles. The molecule has 9 heteroatoms. The van der Waals surface area contributed by atoms with Gasteiger partial charge in [0.1, 0.15) is 11.2 Å². The van der Waals surface area contributed by atoms with Gasteiger partial charge in [0.15, 0.2) is 5.65 Å². The first-order valence-electron chi connectivity index (χ1n) is 10.5. The van der Waals surface area contributed by atoms with Gasteiger partial charge in [-0.05, 0) is 49.3 Å². The van der Waals surface area contributed by atoms with E-state index in [2.05, 4.69) is 43.2 Å². The molecule has 5 rings (SSSR count). The summed E-state index contributed by atoms with van der Waals surface area (Å²) in [4.78, 5) is 29.5. The fraction of sp³-hybridized carbons (Fsp3) is 0.409. The topological polar surface area (TPSA) is 95.0 Å². The van der Waals surface area contributed by atoms with Gasteiger partial charge in [0.25, 0.3) is 5.56 Å². The maximum atomic E-state index is 12.8. The minimum Gasteiger partial charge on any atom is -0.353 e. The van der Waals surface area contributed by atoms with Gasteiger partial charge in [-0.2, -0.15) is 0 Å². The first-order valence-corrected chi connectivity index (χ1v) is 11.7. The molecule has 2 fully saturated rings. The number of hydrogen-bond donors (Lipinski definition) is 3. The second kappa shape index (κ2) is 7.64. The van der Waals surface area contributed by atoms with Crippen molar-refractivity contribution in [1.82, 2.24) is 14.8 Å². The molecule has 8 nitrogen and oxygen atoms in total. The number of carbonyl (C=O) groups excluding carboxylic acids is 1. The maximum Gasteiger partial charge on any atom is 0.277 e. The van der Waals surface area contributed by atoms with Crippen molar-refractivity contribution in [2.75, 3.05) is 28.2 Å². The van der Waals surface area contributed by atoms with E-state index < -0.39 is 0 Å². The Kier molecular flexibility index (Phi) is 4.92. The highest BCUT2D eigenvalue weighted by Gasteiger charge is 2.30. The number of nitrogens with one attached hydrogen (secondary N) is 3. The average molecular weight is 439 g/mol. The third-order valence-electron chi connectivity index (χ3n) is 5.96. The fourth-order valence-corrected chi connectivity index (χ4v) is 4.13. The standard InChI is InChI=1S/C22H26N6O2S/c1-27-22(30)19-16(11-18(24-20(19)26-27)25-21(29)13-6-7-13)23-15-9-8-14(12-4-5-12)10-17(15)28(2)31-3/h8-13H,4-7H2,1-3H3,(H3,23,24,25,26,29). The molecule has 0 aliphatic heterocycles. The number of aromatic amines is 1. The van der Waals surface area contributed by atoms with Crippen LogP contribution in [0.5, 0.6) is 0 Å². The van der Waals surface area contributed by atoms with Crippen LogP contribution in [-0.2, 0) is 11.8 Å². The Hall–Kier alpha value is -2.94. The maximum absolute atomic E-state index is 12.8. The number of amides is 1. The van der Waals surface area contributed by atoms with E-state index >= 15 is 0 Å². The summed E-state index contributed by atoms with van der Waals surface area (Å²) >= 11 is 1.63. The predicted octanol–water partition coefficient (Wildman–Crippen LogP) is 3.95. The molecule has 2 aliphatic rings. The Morgan fingerprint density at radius 1 is 1.23 bits per heavy atom. The summed E-state index contributed by atoms with van der Waals surface area (Å²) in [5.74, 6) is 1.13. The summed E-state index contributed by atoms with van der Waals surface area (Å²) < 4.78 is 3.51. The predicted molar refractivity (Wildman–Crippen MR) is 126 cm³/mol. The number of anilines is 4. The first-order chi connectivity index (χ1) is 14.9. The molecule has 0 saturated heterocycles. The third kappa shape index (κ3) is 3.89. The van der Waals surface area contributed by atoms with Gasteiger partial charge < -0.3 is 14.9 Å². The van der Waals surface area contributed by atoms with E-state index in [9.17, 15) is 9.59 Å². The summed E-state index contributed by atoms with van der Waals surface area (Å²) in [6.45, 7) is 0. The number of H-pyrrole nitrogens is 1. The Labute approximate surface area is 184 Å². The number of aromatic nitrogens is 3. The van der Waals surface area contributed by atoms with E-state index in [1.54, 1.807) is 25.1 Å². The molecular formula is C22H26N6O2S. The van der Waals surface area contributed by atoms with Crippen LogP contribution >= 0.6 is 11.9 Å². The molecule has 3 N–H and O–H groups in total. The normalized spacial score (nSPS) is 15.8. The van der Waals surface area contributed by atoms with E-state index in [0.717, 1.165) is 24.2 Å². The lowest BCUT2D eigenvalue weighted by atomic mass is 10.1. The second-order valence-electron chi connectivity index (χ2n) is 8.37. The van der Waals surface area contributed by atoms with Crippen LogP contribution in [-0.4, -0.2) is 34.0 Å². The quantitative estimate of drug-likeness (QED) is 0.484. The number of rotatable bonds is 7.